The molecule has 0 unspecified atom stereocenters. The predicted molar refractivity (Wildman–Crippen MR) is 154 cm³/mol. The molecule has 0 aromatic heterocycles. The molecule has 2 atom stereocenters. The van der Waals surface area contributed by atoms with Gasteiger partial charge in [0.15, 0.2) is 0 Å². The van der Waals surface area contributed by atoms with Crippen molar-refractivity contribution >= 4 is 43.5 Å². The maximum atomic E-state index is 14.0. The van der Waals surface area contributed by atoms with Crippen LogP contribution in [0.5, 0.6) is 0 Å². The average molecular weight is 619 g/mol. The fourth-order valence-corrected chi connectivity index (χ4v) is 5.84. The maximum Gasteiger partial charge on any atom is 0.264 e. The second kappa shape index (κ2) is 13.7. The molecule has 0 aliphatic carbocycles. The van der Waals surface area contributed by atoms with Crippen molar-refractivity contribution in [3.05, 3.63) is 94.7 Å². The standard InChI is InChI=1S/C29H33BrFN3O4S/c1-4-21(3)32-29(36)27(5-2)33(19-22-14-16-24(31)17-15-22)28(35)20-34(25-11-9-10-23(30)18-25)39(37,38)26-12-7-6-8-13-26/h6-18,21,27H,4-5,19-20H2,1-3H3,(H,32,36)/t21-,27+/m0/s1. The summed E-state index contributed by atoms with van der Waals surface area (Å²) in [6.07, 6.45) is 1.01. The van der Waals surface area contributed by atoms with Gasteiger partial charge in [0, 0.05) is 17.1 Å². The lowest BCUT2D eigenvalue weighted by Gasteiger charge is -2.33. The zero-order valence-electron chi connectivity index (χ0n) is 22.2. The molecule has 7 nitrogen and oxygen atoms in total. The van der Waals surface area contributed by atoms with E-state index < -0.39 is 34.3 Å². The van der Waals surface area contributed by atoms with Crippen LogP contribution in [0.4, 0.5) is 10.1 Å². The fraction of sp³-hybridized carbons (Fsp3) is 0.310. The van der Waals surface area contributed by atoms with Crippen LogP contribution in [0.25, 0.3) is 0 Å². The molecule has 10 heteroatoms. The van der Waals surface area contributed by atoms with Gasteiger partial charge in [0.05, 0.1) is 10.6 Å². The first-order valence-electron chi connectivity index (χ1n) is 12.7. The van der Waals surface area contributed by atoms with Crippen molar-refractivity contribution in [2.75, 3.05) is 10.8 Å². The Balaban J connectivity index is 2.04. The Labute approximate surface area is 238 Å². The van der Waals surface area contributed by atoms with Crippen LogP contribution in [0.15, 0.2) is 88.2 Å². The van der Waals surface area contributed by atoms with Crippen molar-refractivity contribution in [1.82, 2.24) is 10.2 Å². The number of amides is 2. The Morgan fingerprint density at radius 2 is 1.62 bits per heavy atom. The second-order valence-electron chi connectivity index (χ2n) is 9.19. The van der Waals surface area contributed by atoms with E-state index in [4.69, 9.17) is 0 Å². The number of halogens is 2. The molecule has 0 fully saturated rings. The van der Waals surface area contributed by atoms with Gasteiger partial charge in [-0.3, -0.25) is 13.9 Å². The van der Waals surface area contributed by atoms with Gasteiger partial charge in [-0.15, -0.1) is 0 Å². The molecule has 0 heterocycles. The Morgan fingerprint density at radius 1 is 0.949 bits per heavy atom. The van der Waals surface area contributed by atoms with Crippen LogP contribution in [0.3, 0.4) is 0 Å². The van der Waals surface area contributed by atoms with E-state index in [1.54, 1.807) is 61.5 Å². The van der Waals surface area contributed by atoms with Gasteiger partial charge in [-0.1, -0.05) is 66.2 Å². The van der Waals surface area contributed by atoms with E-state index in [0.717, 1.165) is 4.31 Å². The van der Waals surface area contributed by atoms with Gasteiger partial charge in [0.1, 0.15) is 18.4 Å². The molecule has 0 saturated carbocycles. The highest BCUT2D eigenvalue weighted by Gasteiger charge is 2.34. The molecule has 0 bridgehead atoms. The summed E-state index contributed by atoms with van der Waals surface area (Å²) in [6.45, 7) is 5.07. The summed E-state index contributed by atoms with van der Waals surface area (Å²) in [5.74, 6) is -1.32. The first-order chi connectivity index (χ1) is 18.6. The number of carbonyl (C=O) groups is 2. The lowest BCUT2D eigenvalue weighted by atomic mass is 10.1. The average Bonchev–Trinajstić information content (AvgIpc) is 2.92. The molecule has 2 amide bonds. The molecule has 3 rings (SSSR count). The van der Waals surface area contributed by atoms with Crippen LogP contribution < -0.4 is 9.62 Å². The summed E-state index contributed by atoms with van der Waals surface area (Å²) in [5, 5.41) is 2.93. The molecule has 3 aromatic carbocycles. The first-order valence-corrected chi connectivity index (χ1v) is 15.0. The van der Waals surface area contributed by atoms with E-state index in [-0.39, 0.29) is 23.4 Å². The Morgan fingerprint density at radius 3 is 2.21 bits per heavy atom. The molecular formula is C29H33BrFN3O4S. The minimum atomic E-state index is -4.14. The topological polar surface area (TPSA) is 86.8 Å². The highest BCUT2D eigenvalue weighted by atomic mass is 79.9. The molecule has 0 saturated heterocycles. The van der Waals surface area contributed by atoms with Gasteiger partial charge in [0.2, 0.25) is 11.8 Å². The van der Waals surface area contributed by atoms with Gasteiger partial charge in [-0.25, -0.2) is 12.8 Å². The summed E-state index contributed by atoms with van der Waals surface area (Å²) >= 11 is 3.38. The van der Waals surface area contributed by atoms with Crippen LogP contribution in [0.1, 0.15) is 39.2 Å². The quantitative estimate of drug-likeness (QED) is 0.290. The van der Waals surface area contributed by atoms with Crippen LogP contribution in [-0.4, -0.2) is 43.8 Å². The van der Waals surface area contributed by atoms with Crippen LogP contribution in [0.2, 0.25) is 0 Å². The number of nitrogens with zero attached hydrogens (tertiary/aromatic N) is 2. The summed E-state index contributed by atoms with van der Waals surface area (Å²) in [6, 6.07) is 19.2. The van der Waals surface area contributed by atoms with Gasteiger partial charge < -0.3 is 10.2 Å². The normalized spacial score (nSPS) is 12.8. The molecule has 208 valence electrons. The van der Waals surface area contributed by atoms with E-state index in [1.165, 1.54) is 29.2 Å². The van der Waals surface area contributed by atoms with Crippen molar-refractivity contribution < 1.29 is 22.4 Å². The number of anilines is 1. The number of carbonyl (C=O) groups excluding carboxylic acids is 2. The zero-order valence-corrected chi connectivity index (χ0v) is 24.6. The third-order valence-electron chi connectivity index (χ3n) is 6.36. The van der Waals surface area contributed by atoms with Crippen LogP contribution in [0, 0.1) is 5.82 Å². The number of benzene rings is 3. The van der Waals surface area contributed by atoms with Crippen molar-refractivity contribution in [1.29, 1.82) is 0 Å². The smallest absolute Gasteiger partial charge is 0.264 e. The summed E-state index contributed by atoms with van der Waals surface area (Å²) < 4.78 is 42.8. The minimum absolute atomic E-state index is 0.00323. The third kappa shape index (κ3) is 7.89. The van der Waals surface area contributed by atoms with Crippen molar-refractivity contribution in [2.45, 2.75) is 57.1 Å². The third-order valence-corrected chi connectivity index (χ3v) is 8.64. The largest absolute Gasteiger partial charge is 0.352 e. The molecule has 0 aliphatic heterocycles. The van der Waals surface area contributed by atoms with E-state index in [1.807, 2.05) is 13.8 Å². The fourth-order valence-electron chi connectivity index (χ4n) is 4.03. The number of sulfonamides is 1. The van der Waals surface area contributed by atoms with E-state index in [2.05, 4.69) is 21.2 Å². The Hall–Kier alpha value is -3.24. The first kappa shape index (κ1) is 30.3. The lowest BCUT2D eigenvalue weighted by molar-refractivity contribution is -0.140. The Bertz CT molecular complexity index is 1370. The molecule has 3 aromatic rings. The lowest BCUT2D eigenvalue weighted by Crippen LogP contribution is -2.53. The Kier molecular flexibility index (Phi) is 10.7. The summed E-state index contributed by atoms with van der Waals surface area (Å²) in [7, 11) is -4.14. The van der Waals surface area contributed by atoms with Crippen molar-refractivity contribution in [3.8, 4) is 0 Å². The van der Waals surface area contributed by atoms with Gasteiger partial charge >= 0.3 is 0 Å². The maximum absolute atomic E-state index is 14.0. The summed E-state index contributed by atoms with van der Waals surface area (Å²) in [4.78, 5) is 28.6. The molecule has 1 N–H and O–H groups in total. The molecule has 0 spiro atoms. The minimum Gasteiger partial charge on any atom is -0.352 e. The van der Waals surface area contributed by atoms with Crippen molar-refractivity contribution in [3.63, 3.8) is 0 Å². The highest BCUT2D eigenvalue weighted by molar-refractivity contribution is 9.10. The van der Waals surface area contributed by atoms with E-state index >= 15 is 0 Å². The monoisotopic (exact) mass is 617 g/mol. The molecule has 39 heavy (non-hydrogen) atoms. The number of nitrogens with one attached hydrogen (secondary N) is 1. The SMILES string of the molecule is CC[C@H](C(=O)N[C@@H](C)CC)N(Cc1ccc(F)cc1)C(=O)CN(c1cccc(Br)c1)S(=O)(=O)c1ccccc1. The highest BCUT2D eigenvalue weighted by Crippen LogP contribution is 2.27. The van der Waals surface area contributed by atoms with Crippen LogP contribution >= 0.6 is 15.9 Å². The van der Waals surface area contributed by atoms with Crippen LogP contribution in [-0.2, 0) is 26.2 Å². The number of hydrogen-bond donors (Lipinski definition) is 1. The van der Waals surface area contributed by atoms with Gasteiger partial charge in [-0.2, -0.15) is 0 Å². The molecular weight excluding hydrogens is 585 g/mol. The number of rotatable bonds is 12. The van der Waals surface area contributed by atoms with Gasteiger partial charge in [0.25, 0.3) is 10.0 Å². The second-order valence-corrected chi connectivity index (χ2v) is 12.0. The molecule has 0 radical (unpaired) electrons. The van der Waals surface area contributed by atoms with Gasteiger partial charge in [-0.05, 0) is 67.8 Å². The van der Waals surface area contributed by atoms with E-state index in [0.29, 0.717) is 28.6 Å². The summed E-state index contributed by atoms with van der Waals surface area (Å²) in [5.41, 5.74) is 0.903. The predicted octanol–water partition coefficient (Wildman–Crippen LogP) is 5.51. The molecule has 0 aliphatic rings. The van der Waals surface area contributed by atoms with E-state index in [9.17, 15) is 22.4 Å². The zero-order chi connectivity index (χ0) is 28.6. The van der Waals surface area contributed by atoms with Crippen molar-refractivity contribution in [2.24, 2.45) is 0 Å². The number of hydrogen-bond acceptors (Lipinski definition) is 4.